The first kappa shape index (κ1) is 21.6. The molecule has 1 aliphatic heterocycles. The van der Waals surface area contributed by atoms with Crippen molar-refractivity contribution >= 4 is 46.1 Å². The molecule has 0 atom stereocenters. The van der Waals surface area contributed by atoms with Gasteiger partial charge in [0.15, 0.2) is 5.13 Å². The predicted molar refractivity (Wildman–Crippen MR) is 146 cm³/mol. The molecule has 0 bridgehead atoms. The minimum Gasteiger partial charge on any atom is -0.456 e. The molecular formula is C29H21N2O2PS. The molecule has 35 heavy (non-hydrogen) atoms. The van der Waals surface area contributed by atoms with Crippen LogP contribution in [0.25, 0.3) is 33.5 Å². The highest BCUT2D eigenvalue weighted by molar-refractivity contribution is 7.72. The van der Waals surface area contributed by atoms with Crippen molar-refractivity contribution in [1.82, 2.24) is 4.98 Å². The normalized spacial score (nSPS) is 14.6. The predicted octanol–water partition coefficient (Wildman–Crippen LogP) is 8.68. The van der Waals surface area contributed by atoms with E-state index in [0.29, 0.717) is 16.6 Å². The largest absolute Gasteiger partial charge is 0.456 e. The number of fused-ring (bicyclic) bond motifs is 1. The molecule has 170 valence electrons. The first-order chi connectivity index (χ1) is 17.2. The van der Waals surface area contributed by atoms with E-state index in [9.17, 15) is 4.57 Å². The highest BCUT2D eigenvalue weighted by Crippen LogP contribution is 2.56. The van der Waals surface area contributed by atoms with Gasteiger partial charge in [0, 0.05) is 33.7 Å². The van der Waals surface area contributed by atoms with Crippen LogP contribution in [0, 0.1) is 0 Å². The molecule has 1 N–H and O–H groups in total. The van der Waals surface area contributed by atoms with Crippen LogP contribution in [0.3, 0.4) is 0 Å². The van der Waals surface area contributed by atoms with E-state index in [0.717, 1.165) is 27.8 Å². The number of hydrogen-bond donors (Lipinski definition) is 1. The van der Waals surface area contributed by atoms with Crippen molar-refractivity contribution in [3.63, 3.8) is 0 Å². The van der Waals surface area contributed by atoms with E-state index in [-0.39, 0.29) is 0 Å². The maximum absolute atomic E-state index is 14.1. The van der Waals surface area contributed by atoms with Crippen LogP contribution in [0.2, 0.25) is 0 Å². The summed E-state index contributed by atoms with van der Waals surface area (Å²) in [6.07, 6.45) is 0. The summed E-state index contributed by atoms with van der Waals surface area (Å²) < 4.78 is 20.3. The molecule has 1 aliphatic rings. The van der Waals surface area contributed by atoms with E-state index in [1.54, 1.807) is 11.6 Å². The second kappa shape index (κ2) is 9.03. The zero-order valence-corrected chi connectivity index (χ0v) is 20.4. The Bertz CT molecular complexity index is 1570. The molecule has 0 aliphatic carbocycles. The van der Waals surface area contributed by atoms with Gasteiger partial charge < -0.3 is 9.82 Å². The van der Waals surface area contributed by atoms with Crippen molar-refractivity contribution in [3.8, 4) is 11.3 Å². The lowest BCUT2D eigenvalue weighted by molar-refractivity contribution is 0.469. The number of thiazole rings is 1. The molecule has 0 spiro atoms. The van der Waals surface area contributed by atoms with Crippen LogP contribution in [0.15, 0.2) is 120 Å². The summed E-state index contributed by atoms with van der Waals surface area (Å²) in [7, 11) is -3.15. The van der Waals surface area contributed by atoms with Crippen LogP contribution in [-0.2, 0) is 9.30 Å². The van der Waals surface area contributed by atoms with Crippen LogP contribution in [-0.4, -0.2) is 4.98 Å². The average Bonchev–Trinajstić information content (AvgIpc) is 3.37. The van der Waals surface area contributed by atoms with E-state index in [1.165, 1.54) is 16.7 Å². The number of nitrogens with one attached hydrogen (secondary N) is 1. The monoisotopic (exact) mass is 492 g/mol. The average molecular weight is 493 g/mol. The van der Waals surface area contributed by atoms with E-state index in [2.05, 4.69) is 35.4 Å². The zero-order valence-electron chi connectivity index (χ0n) is 18.7. The van der Waals surface area contributed by atoms with Gasteiger partial charge in [-0.15, -0.1) is 11.3 Å². The Morgan fingerprint density at radius 3 is 1.94 bits per heavy atom. The Morgan fingerprint density at radius 2 is 1.29 bits per heavy atom. The van der Waals surface area contributed by atoms with E-state index in [1.807, 2.05) is 78.2 Å². The Labute approximate surface area is 207 Å². The Morgan fingerprint density at radius 1 is 0.686 bits per heavy atom. The highest BCUT2D eigenvalue weighted by atomic mass is 32.1. The molecule has 1 aromatic heterocycles. The topological polar surface area (TPSA) is 51.2 Å². The third-order valence-electron chi connectivity index (χ3n) is 5.77. The molecule has 4 aromatic carbocycles. The molecule has 0 radical (unpaired) electrons. The summed E-state index contributed by atoms with van der Waals surface area (Å²) in [6.45, 7) is 0. The molecule has 0 fully saturated rings. The molecule has 0 saturated heterocycles. The molecule has 0 amide bonds. The Kier molecular flexibility index (Phi) is 5.57. The van der Waals surface area contributed by atoms with Crippen LogP contribution in [0.4, 0.5) is 5.13 Å². The van der Waals surface area contributed by atoms with Gasteiger partial charge in [-0.05, 0) is 16.8 Å². The molecule has 0 saturated carbocycles. The van der Waals surface area contributed by atoms with Crippen molar-refractivity contribution in [3.05, 3.63) is 131 Å². The maximum atomic E-state index is 14.1. The fraction of sp³-hybridized carbons (Fsp3) is 0. The summed E-state index contributed by atoms with van der Waals surface area (Å²) >= 11 is 1.44. The summed E-state index contributed by atoms with van der Waals surface area (Å²) in [5.74, 6) is 4.50. The molecule has 6 rings (SSSR count). The van der Waals surface area contributed by atoms with Crippen LogP contribution < -0.4 is 5.09 Å². The zero-order chi connectivity index (χ0) is 23.7. The van der Waals surface area contributed by atoms with Crippen LogP contribution in [0.1, 0.15) is 11.1 Å². The SMILES string of the molecule is O=P1(Nc2nc(-c3ccc4ccccc4c3)cs2)C=C(c2ccccc2)OC(c2ccccc2)=C1. The van der Waals surface area contributed by atoms with Gasteiger partial charge in [-0.1, -0.05) is 97.1 Å². The maximum Gasteiger partial charge on any atom is 0.222 e. The lowest BCUT2D eigenvalue weighted by Crippen LogP contribution is -2.03. The molecule has 0 unspecified atom stereocenters. The number of anilines is 1. The van der Waals surface area contributed by atoms with Crippen molar-refractivity contribution in [2.24, 2.45) is 0 Å². The van der Waals surface area contributed by atoms with Gasteiger partial charge in [-0.2, -0.15) is 0 Å². The summed E-state index contributed by atoms with van der Waals surface area (Å²) in [4.78, 5) is 4.76. The third-order valence-corrected chi connectivity index (χ3v) is 8.48. The minimum absolute atomic E-state index is 0.564. The van der Waals surface area contributed by atoms with Crippen molar-refractivity contribution in [2.45, 2.75) is 0 Å². The molecule has 6 heteroatoms. The van der Waals surface area contributed by atoms with Crippen molar-refractivity contribution < 1.29 is 9.30 Å². The van der Waals surface area contributed by atoms with E-state index < -0.39 is 7.29 Å². The number of aromatic nitrogens is 1. The molecule has 4 nitrogen and oxygen atoms in total. The summed E-state index contributed by atoms with van der Waals surface area (Å²) in [6, 6.07) is 34.0. The summed E-state index contributed by atoms with van der Waals surface area (Å²) in [5, 5.41) is 8.16. The number of hydrogen-bond acceptors (Lipinski definition) is 4. The smallest absolute Gasteiger partial charge is 0.222 e. The van der Waals surface area contributed by atoms with Gasteiger partial charge in [-0.25, -0.2) is 4.98 Å². The van der Waals surface area contributed by atoms with E-state index in [4.69, 9.17) is 9.72 Å². The van der Waals surface area contributed by atoms with Gasteiger partial charge >= 0.3 is 0 Å². The number of nitrogens with zero attached hydrogens (tertiary/aromatic N) is 1. The van der Waals surface area contributed by atoms with Gasteiger partial charge in [0.1, 0.15) is 11.5 Å². The van der Waals surface area contributed by atoms with E-state index >= 15 is 0 Å². The molecular weight excluding hydrogens is 471 g/mol. The van der Waals surface area contributed by atoms with Gasteiger partial charge in [0.2, 0.25) is 7.29 Å². The standard InChI is InChI=1S/C29H21N2O2PS/c32-34(31-29-30-26(20-35-29)25-16-15-21-9-7-8-14-24(21)17-25)18-27(22-10-3-1-4-11-22)33-28(19-34)23-12-5-2-6-13-23/h1-20H,(H,30,31,32). The lowest BCUT2D eigenvalue weighted by Gasteiger charge is -2.23. The first-order valence-corrected chi connectivity index (χ1v) is 13.9. The van der Waals surface area contributed by atoms with Gasteiger partial charge in [-0.3, -0.25) is 4.57 Å². The fourth-order valence-corrected chi connectivity index (χ4v) is 6.90. The van der Waals surface area contributed by atoms with Gasteiger partial charge in [0.05, 0.1) is 5.69 Å². The molecule has 5 aromatic rings. The molecule has 2 heterocycles. The second-order valence-electron chi connectivity index (χ2n) is 8.24. The number of benzene rings is 4. The quantitative estimate of drug-likeness (QED) is 0.249. The van der Waals surface area contributed by atoms with Gasteiger partial charge in [0.25, 0.3) is 0 Å². The third kappa shape index (κ3) is 4.57. The fourth-order valence-electron chi connectivity index (χ4n) is 4.05. The van der Waals surface area contributed by atoms with Crippen molar-refractivity contribution in [2.75, 3.05) is 5.09 Å². The second-order valence-corrected chi connectivity index (χ2v) is 11.3. The number of rotatable bonds is 5. The lowest BCUT2D eigenvalue weighted by atomic mass is 10.1. The minimum atomic E-state index is -3.15. The highest BCUT2D eigenvalue weighted by Gasteiger charge is 2.28. The first-order valence-electron chi connectivity index (χ1n) is 11.2. The van der Waals surface area contributed by atoms with Crippen LogP contribution in [0.5, 0.6) is 0 Å². The Hall–Kier alpha value is -3.92. The van der Waals surface area contributed by atoms with Crippen LogP contribution >= 0.6 is 18.6 Å². The summed E-state index contributed by atoms with van der Waals surface area (Å²) in [5.41, 5.74) is 3.61. The number of ether oxygens (including phenoxy) is 1. The Balaban J connectivity index is 1.35. The van der Waals surface area contributed by atoms with Crippen molar-refractivity contribution in [1.29, 1.82) is 0 Å².